The van der Waals surface area contributed by atoms with Crippen molar-refractivity contribution in [2.75, 3.05) is 19.7 Å². The number of nitrogens with zero attached hydrogens (tertiary/aromatic N) is 1. The van der Waals surface area contributed by atoms with Gasteiger partial charge < -0.3 is 25.2 Å². The van der Waals surface area contributed by atoms with E-state index in [0.717, 1.165) is 0 Å². The fourth-order valence-electron chi connectivity index (χ4n) is 4.28. The molecule has 3 rings (SSSR count). The Morgan fingerprint density at radius 1 is 1.26 bits per heavy atom. The Labute approximate surface area is 159 Å². The summed E-state index contributed by atoms with van der Waals surface area (Å²) in [7, 11) is 0. The molecule has 1 spiro atoms. The van der Waals surface area contributed by atoms with Gasteiger partial charge in [0.2, 0.25) is 11.8 Å². The molecule has 0 bridgehead atoms. The van der Waals surface area contributed by atoms with E-state index in [9.17, 15) is 19.8 Å². The Bertz CT molecular complexity index is 714. The molecule has 0 radical (unpaired) electrons. The Balaban J connectivity index is 1.64. The van der Waals surface area contributed by atoms with Gasteiger partial charge in [-0.3, -0.25) is 9.59 Å². The van der Waals surface area contributed by atoms with Crippen LogP contribution in [0, 0.1) is 0 Å². The van der Waals surface area contributed by atoms with E-state index in [0.29, 0.717) is 44.5 Å². The first kappa shape index (κ1) is 19.6. The molecule has 1 aromatic carbocycles. The van der Waals surface area contributed by atoms with Crippen molar-refractivity contribution in [3.05, 3.63) is 29.8 Å². The van der Waals surface area contributed by atoms with Crippen molar-refractivity contribution in [2.24, 2.45) is 0 Å². The molecule has 2 fully saturated rings. The highest BCUT2D eigenvalue weighted by Crippen LogP contribution is 2.40. The van der Waals surface area contributed by atoms with E-state index in [1.165, 1.54) is 6.92 Å². The SMILES string of the molecule is CC(=O)N[C@@]1(C)CCOC2(CCN(C(=O)Cc3ccccc3O)CC2)[C@@H]1O. The number of ether oxygens (including phenoxy) is 1. The molecule has 0 unspecified atom stereocenters. The number of benzene rings is 1. The number of aliphatic hydroxyl groups is 1. The summed E-state index contributed by atoms with van der Waals surface area (Å²) in [6.07, 6.45) is 0.877. The smallest absolute Gasteiger partial charge is 0.227 e. The first-order chi connectivity index (χ1) is 12.8. The molecular weight excluding hydrogens is 348 g/mol. The fraction of sp³-hybridized carbons (Fsp3) is 0.600. The summed E-state index contributed by atoms with van der Waals surface area (Å²) < 4.78 is 5.98. The molecule has 0 saturated carbocycles. The maximum Gasteiger partial charge on any atom is 0.227 e. The minimum atomic E-state index is -0.835. The number of carbonyl (C=O) groups excluding carboxylic acids is 2. The van der Waals surface area contributed by atoms with Crippen molar-refractivity contribution in [1.82, 2.24) is 10.2 Å². The lowest BCUT2D eigenvalue weighted by molar-refractivity contribution is -0.207. The van der Waals surface area contributed by atoms with Crippen LogP contribution in [-0.2, 0) is 20.7 Å². The van der Waals surface area contributed by atoms with Gasteiger partial charge in [-0.05, 0) is 32.3 Å². The van der Waals surface area contributed by atoms with Gasteiger partial charge >= 0.3 is 0 Å². The largest absolute Gasteiger partial charge is 0.508 e. The number of piperidine rings is 1. The van der Waals surface area contributed by atoms with Gasteiger partial charge in [-0.2, -0.15) is 0 Å². The molecule has 2 atom stereocenters. The van der Waals surface area contributed by atoms with Gasteiger partial charge in [0.05, 0.1) is 17.6 Å². The molecule has 0 aliphatic carbocycles. The Morgan fingerprint density at radius 2 is 1.93 bits per heavy atom. The zero-order valence-electron chi connectivity index (χ0n) is 15.9. The molecule has 2 saturated heterocycles. The van der Waals surface area contributed by atoms with Crippen LogP contribution < -0.4 is 5.32 Å². The number of aliphatic hydroxyl groups excluding tert-OH is 1. The Morgan fingerprint density at radius 3 is 2.56 bits per heavy atom. The van der Waals surface area contributed by atoms with E-state index in [2.05, 4.69) is 5.32 Å². The van der Waals surface area contributed by atoms with Crippen molar-refractivity contribution >= 4 is 11.8 Å². The number of phenols is 1. The van der Waals surface area contributed by atoms with Gasteiger partial charge in [0.1, 0.15) is 11.9 Å². The summed E-state index contributed by atoms with van der Waals surface area (Å²) in [5.41, 5.74) is -0.873. The van der Waals surface area contributed by atoms with Crippen molar-refractivity contribution in [3.63, 3.8) is 0 Å². The van der Waals surface area contributed by atoms with E-state index >= 15 is 0 Å². The van der Waals surface area contributed by atoms with Crippen LogP contribution in [0.15, 0.2) is 24.3 Å². The summed E-state index contributed by atoms with van der Waals surface area (Å²) in [4.78, 5) is 25.9. The third kappa shape index (κ3) is 3.94. The van der Waals surface area contributed by atoms with Crippen molar-refractivity contribution in [1.29, 1.82) is 0 Å². The topological polar surface area (TPSA) is 99.1 Å². The van der Waals surface area contributed by atoms with E-state index in [-0.39, 0.29) is 24.0 Å². The van der Waals surface area contributed by atoms with Gasteiger partial charge in [0, 0.05) is 32.2 Å². The standard InChI is InChI=1S/C20H28N2O5/c1-14(23)21-19(2)9-12-27-20(18(19)26)7-10-22(11-8-20)17(25)13-15-5-3-4-6-16(15)24/h3-6,18,24,26H,7-13H2,1-2H3,(H,21,23)/t18-,19+/m1/s1. The van der Waals surface area contributed by atoms with Crippen LogP contribution in [0.5, 0.6) is 5.75 Å². The quantitative estimate of drug-likeness (QED) is 0.730. The number of amides is 2. The number of para-hydroxylation sites is 1. The second-order valence-corrected chi connectivity index (χ2v) is 7.85. The molecule has 27 heavy (non-hydrogen) atoms. The first-order valence-electron chi connectivity index (χ1n) is 9.41. The molecule has 7 nitrogen and oxygen atoms in total. The third-order valence-corrected chi connectivity index (χ3v) is 5.87. The maximum atomic E-state index is 12.6. The van der Waals surface area contributed by atoms with E-state index < -0.39 is 17.2 Å². The van der Waals surface area contributed by atoms with Crippen molar-refractivity contribution in [3.8, 4) is 5.75 Å². The number of phenolic OH excluding ortho intramolecular Hbond substituents is 1. The minimum Gasteiger partial charge on any atom is -0.508 e. The summed E-state index contributed by atoms with van der Waals surface area (Å²) in [6.45, 7) is 4.69. The van der Waals surface area contributed by atoms with Crippen LogP contribution in [0.4, 0.5) is 0 Å². The summed E-state index contributed by atoms with van der Waals surface area (Å²) in [5.74, 6) is -0.110. The van der Waals surface area contributed by atoms with E-state index in [4.69, 9.17) is 4.74 Å². The van der Waals surface area contributed by atoms with Gasteiger partial charge in [-0.1, -0.05) is 18.2 Å². The molecule has 2 aliphatic rings. The normalized spacial score (nSPS) is 27.4. The average Bonchev–Trinajstić information content (AvgIpc) is 2.62. The lowest BCUT2D eigenvalue weighted by Crippen LogP contribution is -2.69. The highest BCUT2D eigenvalue weighted by molar-refractivity contribution is 5.79. The molecule has 2 amide bonds. The van der Waals surface area contributed by atoms with Gasteiger partial charge in [0.15, 0.2) is 0 Å². The second kappa shape index (κ2) is 7.48. The monoisotopic (exact) mass is 376 g/mol. The number of likely N-dealkylation sites (tertiary alicyclic amines) is 1. The zero-order chi connectivity index (χ0) is 19.7. The number of rotatable bonds is 3. The molecule has 148 valence electrons. The van der Waals surface area contributed by atoms with Crippen LogP contribution in [-0.4, -0.2) is 63.9 Å². The Hall–Kier alpha value is -2.12. The van der Waals surface area contributed by atoms with Gasteiger partial charge in [0.25, 0.3) is 0 Å². The van der Waals surface area contributed by atoms with Crippen molar-refractivity contribution < 1.29 is 24.5 Å². The van der Waals surface area contributed by atoms with Gasteiger partial charge in [-0.15, -0.1) is 0 Å². The highest BCUT2D eigenvalue weighted by Gasteiger charge is 2.53. The van der Waals surface area contributed by atoms with Crippen LogP contribution in [0.25, 0.3) is 0 Å². The number of hydrogen-bond acceptors (Lipinski definition) is 5. The number of carbonyl (C=O) groups is 2. The molecule has 7 heteroatoms. The lowest BCUT2D eigenvalue weighted by atomic mass is 9.73. The summed E-state index contributed by atoms with van der Waals surface area (Å²) in [6, 6.07) is 6.83. The van der Waals surface area contributed by atoms with Gasteiger partial charge in [-0.25, -0.2) is 0 Å². The van der Waals surface area contributed by atoms with Crippen LogP contribution >= 0.6 is 0 Å². The molecule has 3 N–H and O–H groups in total. The second-order valence-electron chi connectivity index (χ2n) is 7.85. The number of nitrogens with one attached hydrogen (secondary N) is 1. The van der Waals surface area contributed by atoms with Crippen LogP contribution in [0.2, 0.25) is 0 Å². The molecule has 0 aromatic heterocycles. The number of aromatic hydroxyl groups is 1. The summed E-state index contributed by atoms with van der Waals surface area (Å²) >= 11 is 0. The van der Waals surface area contributed by atoms with Crippen LogP contribution in [0.3, 0.4) is 0 Å². The molecule has 1 aromatic rings. The predicted octanol–water partition coefficient (Wildman–Crippen LogP) is 0.972. The number of hydrogen-bond donors (Lipinski definition) is 3. The zero-order valence-corrected chi connectivity index (χ0v) is 15.9. The fourth-order valence-corrected chi connectivity index (χ4v) is 4.28. The van der Waals surface area contributed by atoms with E-state index in [1.807, 2.05) is 6.92 Å². The minimum absolute atomic E-state index is 0.0544. The van der Waals surface area contributed by atoms with E-state index in [1.54, 1.807) is 29.2 Å². The maximum absolute atomic E-state index is 12.6. The van der Waals surface area contributed by atoms with Crippen molar-refractivity contribution in [2.45, 2.75) is 56.8 Å². The summed E-state index contributed by atoms with van der Waals surface area (Å²) in [5, 5.41) is 23.7. The average molecular weight is 376 g/mol. The third-order valence-electron chi connectivity index (χ3n) is 5.87. The predicted molar refractivity (Wildman–Crippen MR) is 99.2 cm³/mol. The molecule has 2 aliphatic heterocycles. The highest BCUT2D eigenvalue weighted by atomic mass is 16.5. The Kier molecular flexibility index (Phi) is 5.44. The molecular formula is C20H28N2O5. The molecule has 2 heterocycles. The van der Waals surface area contributed by atoms with Crippen LogP contribution in [0.1, 0.15) is 38.7 Å². The lowest BCUT2D eigenvalue weighted by Gasteiger charge is -2.53. The first-order valence-corrected chi connectivity index (χ1v) is 9.41.